The number of benzene rings is 1. The van der Waals surface area contributed by atoms with E-state index in [0.717, 1.165) is 23.0 Å². The molecule has 1 heterocycles. The zero-order valence-corrected chi connectivity index (χ0v) is 16.9. The average Bonchev–Trinajstić information content (AvgIpc) is 3.07. The Morgan fingerprint density at radius 2 is 2.07 bits per heavy atom. The molecule has 1 aromatic heterocycles. The Kier molecular flexibility index (Phi) is 6.72. The summed E-state index contributed by atoms with van der Waals surface area (Å²) < 4.78 is 2.01. The van der Waals surface area contributed by atoms with Crippen LogP contribution in [0, 0.1) is 5.92 Å². The van der Waals surface area contributed by atoms with Crippen LogP contribution in [0.5, 0.6) is 0 Å². The van der Waals surface area contributed by atoms with Crippen molar-refractivity contribution in [3.05, 3.63) is 43.0 Å². The van der Waals surface area contributed by atoms with Gasteiger partial charge in [0.15, 0.2) is 11.0 Å². The van der Waals surface area contributed by atoms with Gasteiger partial charge in [-0.3, -0.25) is 9.36 Å². The number of hydrogen-bond donors (Lipinski definition) is 1. The fourth-order valence-corrected chi connectivity index (χ4v) is 4.38. The van der Waals surface area contributed by atoms with Crippen LogP contribution in [0.2, 0.25) is 0 Å². The molecule has 1 N–H and O–H groups in total. The smallest absolute Gasteiger partial charge is 0.233 e. The molecule has 0 saturated heterocycles. The van der Waals surface area contributed by atoms with Crippen LogP contribution in [-0.2, 0) is 11.3 Å². The van der Waals surface area contributed by atoms with E-state index in [1.807, 2.05) is 47.9 Å². The van der Waals surface area contributed by atoms with Crippen LogP contribution in [0.15, 0.2) is 48.1 Å². The molecule has 0 unspecified atom stereocenters. The van der Waals surface area contributed by atoms with Crippen molar-refractivity contribution in [3.63, 3.8) is 0 Å². The minimum atomic E-state index is -0.226. The number of aromatic nitrogens is 3. The summed E-state index contributed by atoms with van der Waals surface area (Å²) in [6.45, 7) is 8.62. The predicted octanol–water partition coefficient (Wildman–Crippen LogP) is 4.31. The Balaban J connectivity index is 1.71. The molecular formula is C21H28N4OS. The standard InChI is InChI=1S/C21H28N4OS/c1-4-14-25-19(17-11-6-5-7-12-17)23-24-21(25)27-16(3)20(26)22-18-13-9-8-10-15(18)2/h4-7,11-12,15-16,18H,1,8-10,13-14H2,2-3H3,(H,22,26)/t15-,16-,18-/m1/s1. The van der Waals surface area contributed by atoms with E-state index >= 15 is 0 Å². The summed E-state index contributed by atoms with van der Waals surface area (Å²) in [5.74, 6) is 1.42. The van der Waals surface area contributed by atoms with Crippen LogP contribution in [0.1, 0.15) is 39.5 Å². The van der Waals surface area contributed by atoms with Gasteiger partial charge < -0.3 is 5.32 Å². The third-order valence-corrected chi connectivity index (χ3v) is 6.23. The van der Waals surface area contributed by atoms with E-state index in [2.05, 4.69) is 29.0 Å². The van der Waals surface area contributed by atoms with Crippen LogP contribution >= 0.6 is 11.8 Å². The molecular weight excluding hydrogens is 356 g/mol. The summed E-state index contributed by atoms with van der Waals surface area (Å²) in [5.41, 5.74) is 1.01. The number of rotatable bonds is 7. The van der Waals surface area contributed by atoms with Crippen LogP contribution in [0.25, 0.3) is 11.4 Å². The largest absolute Gasteiger partial charge is 0.352 e. The van der Waals surface area contributed by atoms with E-state index in [1.165, 1.54) is 31.0 Å². The van der Waals surface area contributed by atoms with Crippen LogP contribution < -0.4 is 5.32 Å². The third kappa shape index (κ3) is 4.80. The van der Waals surface area contributed by atoms with Gasteiger partial charge in [-0.25, -0.2) is 0 Å². The Labute approximate surface area is 165 Å². The lowest BCUT2D eigenvalue weighted by molar-refractivity contribution is -0.121. The number of nitrogens with one attached hydrogen (secondary N) is 1. The van der Waals surface area contributed by atoms with E-state index in [1.54, 1.807) is 0 Å². The molecule has 6 heteroatoms. The van der Waals surface area contributed by atoms with Gasteiger partial charge in [-0.2, -0.15) is 0 Å². The Bertz CT molecular complexity index is 774. The molecule has 1 aromatic carbocycles. The van der Waals surface area contributed by atoms with Gasteiger partial charge in [0.05, 0.1) is 5.25 Å². The lowest BCUT2D eigenvalue weighted by atomic mass is 9.86. The topological polar surface area (TPSA) is 59.8 Å². The zero-order chi connectivity index (χ0) is 19.2. The first kappa shape index (κ1) is 19.7. The number of amides is 1. The molecule has 1 amide bonds. The molecule has 3 rings (SSSR count). The van der Waals surface area contributed by atoms with Crippen molar-refractivity contribution in [1.82, 2.24) is 20.1 Å². The molecule has 1 saturated carbocycles. The summed E-state index contributed by atoms with van der Waals surface area (Å²) in [6.07, 6.45) is 6.57. The lowest BCUT2D eigenvalue weighted by Gasteiger charge is -2.30. The highest BCUT2D eigenvalue weighted by Crippen LogP contribution is 2.28. The molecule has 0 aliphatic heterocycles. The van der Waals surface area contributed by atoms with Gasteiger partial charge in [0.1, 0.15) is 0 Å². The van der Waals surface area contributed by atoms with Crippen molar-refractivity contribution >= 4 is 17.7 Å². The summed E-state index contributed by atoms with van der Waals surface area (Å²) in [6, 6.07) is 10.3. The van der Waals surface area contributed by atoms with E-state index < -0.39 is 0 Å². The van der Waals surface area contributed by atoms with E-state index in [0.29, 0.717) is 18.5 Å². The number of carbonyl (C=O) groups excluding carboxylic acids is 1. The maximum Gasteiger partial charge on any atom is 0.233 e. The maximum atomic E-state index is 12.7. The fourth-order valence-electron chi connectivity index (χ4n) is 3.51. The molecule has 1 fully saturated rings. The quantitative estimate of drug-likeness (QED) is 0.571. The van der Waals surface area contributed by atoms with Crippen molar-refractivity contribution in [3.8, 4) is 11.4 Å². The lowest BCUT2D eigenvalue weighted by Crippen LogP contribution is -2.44. The van der Waals surface area contributed by atoms with E-state index in [-0.39, 0.29) is 11.2 Å². The molecule has 1 aliphatic rings. The van der Waals surface area contributed by atoms with Crippen LogP contribution in [0.4, 0.5) is 0 Å². The van der Waals surface area contributed by atoms with Crippen molar-refractivity contribution < 1.29 is 4.79 Å². The number of hydrogen-bond acceptors (Lipinski definition) is 4. The highest BCUT2D eigenvalue weighted by atomic mass is 32.2. The number of allylic oxidation sites excluding steroid dienone is 1. The molecule has 27 heavy (non-hydrogen) atoms. The molecule has 0 bridgehead atoms. The molecule has 5 nitrogen and oxygen atoms in total. The second-order valence-electron chi connectivity index (χ2n) is 7.21. The highest BCUT2D eigenvalue weighted by molar-refractivity contribution is 8.00. The molecule has 0 spiro atoms. The number of nitrogens with zero attached hydrogens (tertiary/aromatic N) is 3. The third-order valence-electron chi connectivity index (χ3n) is 5.15. The predicted molar refractivity (Wildman–Crippen MR) is 111 cm³/mol. The van der Waals surface area contributed by atoms with Crippen molar-refractivity contribution in [1.29, 1.82) is 0 Å². The average molecular weight is 385 g/mol. The second-order valence-corrected chi connectivity index (χ2v) is 8.52. The van der Waals surface area contributed by atoms with Gasteiger partial charge in [-0.1, -0.05) is 67.9 Å². The summed E-state index contributed by atoms with van der Waals surface area (Å²) in [5, 5.41) is 12.5. The van der Waals surface area contributed by atoms with Crippen LogP contribution in [0.3, 0.4) is 0 Å². The van der Waals surface area contributed by atoms with Crippen molar-refractivity contribution in [2.75, 3.05) is 0 Å². The Morgan fingerprint density at radius 1 is 1.33 bits per heavy atom. The molecule has 0 radical (unpaired) electrons. The van der Waals surface area contributed by atoms with Crippen LogP contribution in [-0.4, -0.2) is 32.0 Å². The van der Waals surface area contributed by atoms with Crippen molar-refractivity contribution in [2.24, 2.45) is 5.92 Å². The molecule has 3 atom stereocenters. The zero-order valence-electron chi connectivity index (χ0n) is 16.1. The summed E-state index contributed by atoms with van der Waals surface area (Å²) in [4.78, 5) is 12.7. The second kappa shape index (κ2) is 9.22. The van der Waals surface area contributed by atoms with Gasteiger partial charge >= 0.3 is 0 Å². The van der Waals surface area contributed by atoms with Gasteiger partial charge in [-0.15, -0.1) is 16.8 Å². The fraction of sp³-hybridized carbons (Fsp3) is 0.476. The first-order chi connectivity index (χ1) is 13.1. The monoisotopic (exact) mass is 384 g/mol. The normalized spacial score (nSPS) is 20.8. The first-order valence-electron chi connectivity index (χ1n) is 9.66. The summed E-state index contributed by atoms with van der Waals surface area (Å²) in [7, 11) is 0. The number of carbonyl (C=O) groups is 1. The van der Waals surface area contributed by atoms with E-state index in [9.17, 15) is 4.79 Å². The number of thioether (sulfide) groups is 1. The Hall–Kier alpha value is -2.08. The van der Waals surface area contributed by atoms with Gasteiger partial charge in [0.2, 0.25) is 5.91 Å². The first-order valence-corrected chi connectivity index (χ1v) is 10.5. The van der Waals surface area contributed by atoms with Crippen molar-refractivity contribution in [2.45, 2.75) is 62.5 Å². The minimum Gasteiger partial charge on any atom is -0.352 e. The minimum absolute atomic E-state index is 0.0770. The maximum absolute atomic E-state index is 12.7. The van der Waals surface area contributed by atoms with Gasteiger partial charge in [-0.05, 0) is 25.7 Å². The molecule has 2 aromatic rings. The van der Waals surface area contributed by atoms with Gasteiger partial charge in [0, 0.05) is 18.2 Å². The molecule has 144 valence electrons. The van der Waals surface area contributed by atoms with E-state index in [4.69, 9.17) is 0 Å². The summed E-state index contributed by atoms with van der Waals surface area (Å²) >= 11 is 1.45. The Morgan fingerprint density at radius 3 is 2.78 bits per heavy atom. The highest BCUT2D eigenvalue weighted by Gasteiger charge is 2.26. The van der Waals surface area contributed by atoms with Gasteiger partial charge in [0.25, 0.3) is 0 Å². The SMILES string of the molecule is C=CCn1c(S[C@H](C)C(=O)N[C@@H]2CCCC[C@H]2C)nnc1-c1ccccc1. The molecule has 1 aliphatic carbocycles.